The maximum atomic E-state index is 13.6. The van der Waals surface area contributed by atoms with Gasteiger partial charge in [0.1, 0.15) is 18.0 Å². The number of hydrogen-bond donors (Lipinski definition) is 1. The first kappa shape index (κ1) is 17.2. The van der Waals surface area contributed by atoms with Crippen molar-refractivity contribution in [2.24, 2.45) is 0 Å². The summed E-state index contributed by atoms with van der Waals surface area (Å²) < 4.78 is 30.5. The molecule has 0 aliphatic heterocycles. The van der Waals surface area contributed by atoms with E-state index >= 15 is 0 Å². The van der Waals surface area contributed by atoms with E-state index in [-0.39, 0.29) is 5.82 Å². The highest BCUT2D eigenvalue weighted by molar-refractivity contribution is 9.10. The molecular formula is C17H15BrFN3O3. The van der Waals surface area contributed by atoms with Gasteiger partial charge in [-0.15, -0.1) is 0 Å². The summed E-state index contributed by atoms with van der Waals surface area (Å²) in [6.45, 7) is 0. The molecule has 0 aliphatic carbocycles. The summed E-state index contributed by atoms with van der Waals surface area (Å²) in [5.41, 5.74) is 1.12. The van der Waals surface area contributed by atoms with Crippen molar-refractivity contribution < 1.29 is 18.6 Å². The van der Waals surface area contributed by atoms with Gasteiger partial charge < -0.3 is 19.5 Å². The number of nitrogens with one attached hydrogen (secondary N) is 1. The Morgan fingerprint density at radius 3 is 2.44 bits per heavy atom. The maximum absolute atomic E-state index is 13.6. The highest BCUT2D eigenvalue weighted by atomic mass is 79.9. The average molecular weight is 408 g/mol. The van der Waals surface area contributed by atoms with Gasteiger partial charge in [0, 0.05) is 10.5 Å². The Balaban J connectivity index is 2.23. The molecule has 1 heterocycles. The highest BCUT2D eigenvalue weighted by Crippen LogP contribution is 2.45. The van der Waals surface area contributed by atoms with Crippen LogP contribution >= 0.6 is 15.9 Å². The third kappa shape index (κ3) is 3.17. The molecule has 0 fully saturated rings. The lowest BCUT2D eigenvalue weighted by molar-refractivity contribution is 0.327. The third-order valence-electron chi connectivity index (χ3n) is 3.61. The second-order valence-electron chi connectivity index (χ2n) is 5.01. The normalized spacial score (nSPS) is 10.6. The molecule has 1 aromatic heterocycles. The van der Waals surface area contributed by atoms with E-state index in [4.69, 9.17) is 14.2 Å². The van der Waals surface area contributed by atoms with Crippen molar-refractivity contribution in [2.75, 3.05) is 26.6 Å². The summed E-state index contributed by atoms with van der Waals surface area (Å²) in [5, 5.41) is 3.70. The van der Waals surface area contributed by atoms with E-state index in [0.29, 0.717) is 44.1 Å². The Kier molecular flexibility index (Phi) is 4.89. The summed E-state index contributed by atoms with van der Waals surface area (Å²) in [4.78, 5) is 8.53. The fraction of sp³-hybridized carbons (Fsp3) is 0.176. The van der Waals surface area contributed by atoms with Gasteiger partial charge in [-0.3, -0.25) is 0 Å². The number of hydrogen-bond acceptors (Lipinski definition) is 6. The molecule has 0 atom stereocenters. The summed E-state index contributed by atoms with van der Waals surface area (Å²) >= 11 is 3.39. The van der Waals surface area contributed by atoms with Crippen LogP contribution in [0, 0.1) is 5.82 Å². The molecular weight excluding hydrogens is 393 g/mol. The number of methoxy groups -OCH3 is 3. The van der Waals surface area contributed by atoms with Crippen LogP contribution < -0.4 is 19.5 Å². The van der Waals surface area contributed by atoms with Crippen molar-refractivity contribution in [1.82, 2.24) is 9.97 Å². The number of fused-ring (bicyclic) bond motifs is 1. The quantitative estimate of drug-likeness (QED) is 0.679. The minimum Gasteiger partial charge on any atom is -0.493 e. The topological polar surface area (TPSA) is 65.5 Å². The molecule has 0 radical (unpaired) electrons. The molecule has 0 aliphatic rings. The summed E-state index contributed by atoms with van der Waals surface area (Å²) in [6, 6.07) is 6.07. The summed E-state index contributed by atoms with van der Waals surface area (Å²) in [6.07, 6.45) is 1.41. The van der Waals surface area contributed by atoms with Crippen LogP contribution in [0.2, 0.25) is 0 Å². The molecule has 8 heteroatoms. The largest absolute Gasteiger partial charge is 0.493 e. The molecule has 0 saturated heterocycles. The van der Waals surface area contributed by atoms with E-state index in [2.05, 4.69) is 31.2 Å². The monoisotopic (exact) mass is 407 g/mol. The zero-order valence-corrected chi connectivity index (χ0v) is 15.3. The second kappa shape index (κ2) is 7.10. The Morgan fingerprint density at radius 2 is 1.76 bits per heavy atom. The molecule has 3 rings (SSSR count). The minimum atomic E-state index is -0.365. The Hall–Kier alpha value is -2.61. The third-order valence-corrected chi connectivity index (χ3v) is 4.30. The lowest BCUT2D eigenvalue weighted by atomic mass is 10.1. The van der Waals surface area contributed by atoms with Gasteiger partial charge in [0.2, 0.25) is 5.75 Å². The van der Waals surface area contributed by atoms with Gasteiger partial charge in [-0.05, 0) is 34.1 Å². The van der Waals surface area contributed by atoms with Crippen LogP contribution in [0.4, 0.5) is 15.9 Å². The summed E-state index contributed by atoms with van der Waals surface area (Å²) in [7, 11) is 4.57. The first-order valence-electron chi connectivity index (χ1n) is 7.24. The highest BCUT2D eigenvalue weighted by Gasteiger charge is 2.20. The maximum Gasteiger partial charge on any atom is 0.204 e. The van der Waals surface area contributed by atoms with Crippen LogP contribution in [0.1, 0.15) is 0 Å². The predicted molar refractivity (Wildman–Crippen MR) is 96.6 cm³/mol. The number of rotatable bonds is 5. The van der Waals surface area contributed by atoms with Crippen LogP contribution in [-0.2, 0) is 0 Å². The number of ether oxygens (including phenoxy) is 3. The number of halogens is 2. The van der Waals surface area contributed by atoms with Gasteiger partial charge >= 0.3 is 0 Å². The lowest BCUT2D eigenvalue weighted by Gasteiger charge is -2.17. The van der Waals surface area contributed by atoms with Crippen LogP contribution in [0.3, 0.4) is 0 Å². The zero-order chi connectivity index (χ0) is 18.0. The van der Waals surface area contributed by atoms with Crippen molar-refractivity contribution in [3.63, 3.8) is 0 Å². The first-order valence-corrected chi connectivity index (χ1v) is 8.04. The molecule has 0 saturated carbocycles. The van der Waals surface area contributed by atoms with E-state index < -0.39 is 0 Å². The molecule has 1 N–H and O–H groups in total. The SMILES string of the molecule is COc1cc2ncnc(Nc3cc(F)ccc3Br)c2c(OC)c1OC. The van der Waals surface area contributed by atoms with Gasteiger partial charge in [0.15, 0.2) is 11.5 Å². The van der Waals surface area contributed by atoms with Crippen molar-refractivity contribution >= 4 is 38.3 Å². The van der Waals surface area contributed by atoms with E-state index in [1.165, 1.54) is 39.8 Å². The van der Waals surface area contributed by atoms with Crippen molar-refractivity contribution in [1.29, 1.82) is 0 Å². The van der Waals surface area contributed by atoms with Gasteiger partial charge in [-0.2, -0.15) is 0 Å². The fourth-order valence-electron chi connectivity index (χ4n) is 2.50. The standard InChI is InChI=1S/C17H15BrFN3O3/c1-23-13-7-12-14(16(25-3)15(13)24-2)17(21-8-20-12)22-11-6-9(19)4-5-10(11)18/h4-8H,1-3H3,(H,20,21,22). The molecule has 2 aromatic carbocycles. The predicted octanol–water partition coefficient (Wildman–Crippen LogP) is 4.30. The van der Waals surface area contributed by atoms with Crippen LogP contribution in [0.15, 0.2) is 35.1 Å². The van der Waals surface area contributed by atoms with Crippen LogP contribution in [0.25, 0.3) is 10.9 Å². The molecule has 3 aromatic rings. The van der Waals surface area contributed by atoms with E-state index in [1.807, 2.05) is 0 Å². The molecule has 0 bridgehead atoms. The van der Waals surface area contributed by atoms with Gasteiger partial charge in [0.25, 0.3) is 0 Å². The molecule has 25 heavy (non-hydrogen) atoms. The average Bonchev–Trinajstić information content (AvgIpc) is 2.63. The lowest BCUT2D eigenvalue weighted by Crippen LogP contribution is -2.01. The van der Waals surface area contributed by atoms with Crippen LogP contribution in [0.5, 0.6) is 17.2 Å². The van der Waals surface area contributed by atoms with Gasteiger partial charge in [0.05, 0.1) is 37.9 Å². The van der Waals surface area contributed by atoms with Crippen molar-refractivity contribution in [3.8, 4) is 17.2 Å². The van der Waals surface area contributed by atoms with Crippen molar-refractivity contribution in [3.05, 3.63) is 40.9 Å². The summed E-state index contributed by atoms with van der Waals surface area (Å²) in [5.74, 6) is 1.42. The van der Waals surface area contributed by atoms with Crippen molar-refractivity contribution in [2.45, 2.75) is 0 Å². The fourth-order valence-corrected chi connectivity index (χ4v) is 2.85. The van der Waals surface area contributed by atoms with Gasteiger partial charge in [-0.1, -0.05) is 0 Å². The molecule has 0 amide bonds. The minimum absolute atomic E-state index is 0.365. The Labute approximate surface area is 152 Å². The second-order valence-corrected chi connectivity index (χ2v) is 5.87. The number of anilines is 2. The number of nitrogens with zero attached hydrogens (tertiary/aromatic N) is 2. The molecule has 0 spiro atoms. The molecule has 6 nitrogen and oxygen atoms in total. The number of aromatic nitrogens is 2. The molecule has 0 unspecified atom stereocenters. The molecule has 130 valence electrons. The smallest absolute Gasteiger partial charge is 0.204 e. The van der Waals surface area contributed by atoms with Crippen LogP contribution in [-0.4, -0.2) is 31.3 Å². The van der Waals surface area contributed by atoms with E-state index in [1.54, 1.807) is 12.1 Å². The van der Waals surface area contributed by atoms with Gasteiger partial charge in [-0.25, -0.2) is 14.4 Å². The first-order chi connectivity index (χ1) is 12.1. The Bertz CT molecular complexity index is 937. The van der Waals surface area contributed by atoms with E-state index in [9.17, 15) is 4.39 Å². The zero-order valence-electron chi connectivity index (χ0n) is 13.8. The van der Waals surface area contributed by atoms with E-state index in [0.717, 1.165) is 0 Å². The number of benzene rings is 2. The Morgan fingerprint density at radius 1 is 1.00 bits per heavy atom.